The minimum atomic E-state index is 0.140. The van der Waals surface area contributed by atoms with Gasteiger partial charge >= 0.3 is 0 Å². The summed E-state index contributed by atoms with van der Waals surface area (Å²) in [4.78, 5) is 13.9. The van der Waals surface area contributed by atoms with E-state index in [0.717, 1.165) is 25.3 Å². The van der Waals surface area contributed by atoms with Gasteiger partial charge in [-0.2, -0.15) is 0 Å². The van der Waals surface area contributed by atoms with Gasteiger partial charge in [-0.25, -0.2) is 0 Å². The maximum absolute atomic E-state index is 11.9. The van der Waals surface area contributed by atoms with Gasteiger partial charge in [0.15, 0.2) is 0 Å². The van der Waals surface area contributed by atoms with Crippen molar-refractivity contribution in [1.29, 1.82) is 0 Å². The van der Waals surface area contributed by atoms with Crippen LogP contribution in [0.1, 0.15) is 29.5 Å². The fraction of sp³-hybridized carbons (Fsp3) is 0.316. The van der Waals surface area contributed by atoms with Gasteiger partial charge in [0.25, 0.3) is 0 Å². The van der Waals surface area contributed by atoms with Gasteiger partial charge in [-0.05, 0) is 35.2 Å². The lowest BCUT2D eigenvalue weighted by Crippen LogP contribution is -2.33. The summed E-state index contributed by atoms with van der Waals surface area (Å²) in [6, 6.07) is 16.7. The first-order valence-corrected chi connectivity index (χ1v) is 7.66. The molecule has 0 radical (unpaired) electrons. The van der Waals surface area contributed by atoms with E-state index in [0.29, 0.717) is 0 Å². The van der Waals surface area contributed by atoms with Crippen molar-refractivity contribution in [3.05, 3.63) is 65.2 Å². The molecule has 0 aliphatic carbocycles. The van der Waals surface area contributed by atoms with Crippen LogP contribution in [0.3, 0.4) is 0 Å². The number of fused-ring (bicyclic) bond motifs is 1. The number of hydrogen-bond acceptors (Lipinski definition) is 2. The molecule has 0 N–H and O–H groups in total. The molecule has 1 amide bonds. The van der Waals surface area contributed by atoms with Crippen LogP contribution in [0, 0.1) is 0 Å². The predicted molar refractivity (Wildman–Crippen MR) is 87.2 cm³/mol. The number of carbonyl (C=O) groups is 1. The third-order valence-corrected chi connectivity index (χ3v) is 4.43. The third kappa shape index (κ3) is 2.84. The Labute approximate surface area is 131 Å². The first-order valence-electron chi connectivity index (χ1n) is 7.66. The predicted octanol–water partition coefficient (Wildman–Crippen LogP) is 3.23. The minimum absolute atomic E-state index is 0.140. The molecule has 3 nitrogen and oxygen atoms in total. The Morgan fingerprint density at radius 1 is 1.18 bits per heavy atom. The molecule has 1 aliphatic rings. The molecule has 1 unspecified atom stereocenters. The molecule has 3 heteroatoms. The maximum atomic E-state index is 11.9. The number of hydrogen-bond donors (Lipinski definition) is 0. The third-order valence-electron chi connectivity index (χ3n) is 4.43. The summed E-state index contributed by atoms with van der Waals surface area (Å²) >= 11 is 0. The van der Waals surface area contributed by atoms with Gasteiger partial charge in [0.1, 0.15) is 5.75 Å². The Hall–Kier alpha value is -2.29. The lowest BCUT2D eigenvalue weighted by molar-refractivity contribution is -0.128. The average Bonchev–Trinajstić information content (AvgIpc) is 2.75. The molecule has 22 heavy (non-hydrogen) atoms. The molecule has 0 spiro atoms. The Morgan fingerprint density at radius 3 is 2.64 bits per heavy atom. The Balaban J connectivity index is 2.08. The van der Waals surface area contributed by atoms with Crippen LogP contribution in [0.25, 0.3) is 0 Å². The quantitative estimate of drug-likeness (QED) is 0.851. The zero-order valence-corrected chi connectivity index (χ0v) is 13.1. The summed E-state index contributed by atoms with van der Waals surface area (Å²) in [5.41, 5.74) is 3.82. The summed E-state index contributed by atoms with van der Waals surface area (Å²) in [5.74, 6) is 1.20. The SMILES string of the molecule is COc1ccc2c(c1)C(c1ccccc1)CN(C(C)=O)CC2. The zero-order chi connectivity index (χ0) is 15.5. The van der Waals surface area contributed by atoms with Crippen LogP contribution in [-0.2, 0) is 11.2 Å². The molecular formula is C19H21NO2. The molecule has 0 saturated heterocycles. The van der Waals surface area contributed by atoms with Crippen molar-refractivity contribution in [1.82, 2.24) is 4.90 Å². The molecule has 0 fully saturated rings. The highest BCUT2D eigenvalue weighted by Gasteiger charge is 2.26. The van der Waals surface area contributed by atoms with Crippen LogP contribution in [0.5, 0.6) is 5.75 Å². The molecular weight excluding hydrogens is 274 g/mol. The van der Waals surface area contributed by atoms with Crippen molar-refractivity contribution in [2.75, 3.05) is 20.2 Å². The van der Waals surface area contributed by atoms with Crippen LogP contribution < -0.4 is 4.74 Å². The van der Waals surface area contributed by atoms with E-state index >= 15 is 0 Å². The second kappa shape index (κ2) is 6.22. The van der Waals surface area contributed by atoms with E-state index in [1.54, 1.807) is 14.0 Å². The van der Waals surface area contributed by atoms with Crippen LogP contribution in [0.15, 0.2) is 48.5 Å². The van der Waals surface area contributed by atoms with Gasteiger partial charge < -0.3 is 9.64 Å². The van der Waals surface area contributed by atoms with Crippen molar-refractivity contribution in [3.8, 4) is 5.75 Å². The smallest absolute Gasteiger partial charge is 0.219 e. The lowest BCUT2D eigenvalue weighted by Gasteiger charge is -2.24. The van der Waals surface area contributed by atoms with Gasteiger partial charge in [0.05, 0.1) is 7.11 Å². The highest BCUT2D eigenvalue weighted by molar-refractivity contribution is 5.73. The number of amides is 1. The summed E-state index contributed by atoms with van der Waals surface area (Å²) in [6.45, 7) is 3.15. The first-order chi connectivity index (χ1) is 10.7. The summed E-state index contributed by atoms with van der Waals surface area (Å²) in [5, 5.41) is 0. The van der Waals surface area contributed by atoms with E-state index in [9.17, 15) is 4.79 Å². The van der Waals surface area contributed by atoms with Crippen LogP contribution >= 0.6 is 0 Å². The Bertz CT molecular complexity index is 666. The van der Waals surface area contributed by atoms with Crippen molar-refractivity contribution in [2.24, 2.45) is 0 Å². The highest BCUT2D eigenvalue weighted by Crippen LogP contribution is 2.33. The number of nitrogens with zero attached hydrogens (tertiary/aromatic N) is 1. The van der Waals surface area contributed by atoms with Crippen LogP contribution in [-0.4, -0.2) is 31.0 Å². The van der Waals surface area contributed by atoms with E-state index in [1.807, 2.05) is 17.0 Å². The first kappa shape index (κ1) is 14.6. The average molecular weight is 295 g/mol. The van der Waals surface area contributed by atoms with Crippen molar-refractivity contribution < 1.29 is 9.53 Å². The highest BCUT2D eigenvalue weighted by atomic mass is 16.5. The van der Waals surface area contributed by atoms with Gasteiger partial charge in [-0.3, -0.25) is 4.79 Å². The van der Waals surface area contributed by atoms with Crippen LogP contribution in [0.4, 0.5) is 0 Å². The normalized spacial score (nSPS) is 17.5. The summed E-state index contributed by atoms with van der Waals surface area (Å²) < 4.78 is 5.40. The van der Waals surface area contributed by atoms with Crippen molar-refractivity contribution in [3.63, 3.8) is 0 Å². The molecule has 1 heterocycles. The maximum Gasteiger partial charge on any atom is 0.219 e. The van der Waals surface area contributed by atoms with E-state index < -0.39 is 0 Å². The number of rotatable bonds is 2. The molecule has 114 valence electrons. The monoisotopic (exact) mass is 295 g/mol. The molecule has 1 atom stereocenters. The second-order valence-corrected chi connectivity index (χ2v) is 5.74. The van der Waals surface area contributed by atoms with Gasteiger partial charge in [-0.15, -0.1) is 0 Å². The Morgan fingerprint density at radius 2 is 1.95 bits per heavy atom. The molecule has 0 aromatic heterocycles. The summed E-state index contributed by atoms with van der Waals surface area (Å²) in [7, 11) is 1.69. The van der Waals surface area contributed by atoms with Crippen molar-refractivity contribution >= 4 is 5.91 Å². The van der Waals surface area contributed by atoms with Gasteiger partial charge in [-0.1, -0.05) is 36.4 Å². The zero-order valence-electron chi connectivity index (χ0n) is 13.1. The molecule has 3 rings (SSSR count). The van der Waals surface area contributed by atoms with Gasteiger partial charge in [0, 0.05) is 25.9 Å². The molecule has 0 bridgehead atoms. The number of methoxy groups -OCH3 is 1. The Kier molecular flexibility index (Phi) is 4.14. The molecule has 1 aliphatic heterocycles. The number of ether oxygens (including phenoxy) is 1. The van der Waals surface area contributed by atoms with Gasteiger partial charge in [0.2, 0.25) is 5.91 Å². The fourth-order valence-electron chi connectivity index (χ4n) is 3.17. The largest absolute Gasteiger partial charge is 0.497 e. The molecule has 0 saturated carbocycles. The fourth-order valence-corrected chi connectivity index (χ4v) is 3.17. The lowest BCUT2D eigenvalue weighted by atomic mass is 9.88. The molecule has 2 aromatic carbocycles. The number of benzene rings is 2. The van der Waals surface area contributed by atoms with E-state index in [2.05, 4.69) is 36.4 Å². The second-order valence-electron chi connectivity index (χ2n) is 5.74. The summed E-state index contributed by atoms with van der Waals surface area (Å²) in [6.07, 6.45) is 0.891. The molecule has 2 aromatic rings. The van der Waals surface area contributed by atoms with Crippen molar-refractivity contribution in [2.45, 2.75) is 19.3 Å². The van der Waals surface area contributed by atoms with E-state index in [4.69, 9.17) is 4.74 Å². The van der Waals surface area contributed by atoms with E-state index in [1.165, 1.54) is 16.7 Å². The minimum Gasteiger partial charge on any atom is -0.497 e. The number of carbonyl (C=O) groups excluding carboxylic acids is 1. The standard InChI is InChI=1S/C19H21NO2/c1-14(21)20-11-10-16-8-9-17(22-2)12-18(16)19(13-20)15-6-4-3-5-7-15/h3-9,12,19H,10-11,13H2,1-2H3. The van der Waals surface area contributed by atoms with Crippen LogP contribution in [0.2, 0.25) is 0 Å². The topological polar surface area (TPSA) is 29.5 Å². The van der Waals surface area contributed by atoms with E-state index in [-0.39, 0.29) is 11.8 Å².